The van der Waals surface area contributed by atoms with Gasteiger partial charge in [0.15, 0.2) is 0 Å². The predicted octanol–water partition coefficient (Wildman–Crippen LogP) is 5.51. The Kier molecular flexibility index (Phi) is 7.11. The second-order valence-corrected chi connectivity index (χ2v) is 16.4. The van der Waals surface area contributed by atoms with Crippen LogP contribution in [-0.2, 0) is 22.8 Å². The van der Waals surface area contributed by atoms with Gasteiger partial charge in [-0.3, -0.25) is 4.40 Å². The van der Waals surface area contributed by atoms with Crippen LogP contribution in [0.2, 0.25) is 25.7 Å². The van der Waals surface area contributed by atoms with Crippen molar-refractivity contribution in [2.45, 2.75) is 57.8 Å². The van der Waals surface area contributed by atoms with Crippen LogP contribution in [0.1, 0.15) is 30.0 Å². The average molecular weight is 506 g/mol. The summed E-state index contributed by atoms with van der Waals surface area (Å²) < 4.78 is 15.6. The third-order valence-corrected chi connectivity index (χ3v) is 8.59. The number of carbonyl (C=O) groups is 1. The summed E-state index contributed by atoms with van der Waals surface area (Å²) in [5.74, 6) is 0.287. The number of amides is 1. The zero-order valence-corrected chi connectivity index (χ0v) is 22.4. The van der Waals surface area contributed by atoms with Crippen LogP contribution in [0.3, 0.4) is 0 Å². The minimum Gasteiger partial charge on any atom is -0.445 e. The first kappa shape index (κ1) is 24.5. The van der Waals surface area contributed by atoms with E-state index in [9.17, 15) is 4.79 Å². The predicted molar refractivity (Wildman–Crippen MR) is 143 cm³/mol. The molecule has 5 rings (SSSR count). The van der Waals surface area contributed by atoms with Crippen LogP contribution in [0.5, 0.6) is 0 Å². The van der Waals surface area contributed by atoms with Gasteiger partial charge in [0.2, 0.25) is 0 Å². The standard InChI is InChI=1S/C27H35N5O3Si/c1-36(2,3)16-15-34-20-31-14-11-23-25-24(28-18-32(25)19-29-26(23)31)22-9-12-30(13-10-22)27(33)35-17-21-7-5-4-6-8-21/h4-8,11,14,18-19,22H,9-10,12-13,15-17,20H2,1-3H3. The molecule has 1 amide bonds. The van der Waals surface area contributed by atoms with Crippen molar-refractivity contribution >= 4 is 30.7 Å². The van der Waals surface area contributed by atoms with Crippen LogP contribution < -0.4 is 0 Å². The fourth-order valence-corrected chi connectivity index (χ4v) is 5.50. The largest absolute Gasteiger partial charge is 0.445 e. The van der Waals surface area contributed by atoms with Gasteiger partial charge < -0.3 is 18.9 Å². The molecule has 4 heterocycles. The Bertz CT molecular complexity index is 1320. The average Bonchev–Trinajstić information content (AvgIpc) is 3.49. The van der Waals surface area contributed by atoms with Crippen molar-refractivity contribution in [2.75, 3.05) is 19.7 Å². The van der Waals surface area contributed by atoms with Crippen LogP contribution >= 0.6 is 0 Å². The maximum absolute atomic E-state index is 12.6. The Morgan fingerprint density at radius 2 is 1.81 bits per heavy atom. The normalized spacial score (nSPS) is 15.1. The number of imidazole rings is 1. The SMILES string of the molecule is C[Si](C)(C)CCOCn1ccc2c1ncn1cnc(C3CCN(C(=O)OCc4ccccc4)CC3)c21. The molecule has 1 aromatic carbocycles. The highest BCUT2D eigenvalue weighted by Gasteiger charge is 2.28. The Morgan fingerprint density at radius 1 is 1.06 bits per heavy atom. The Labute approximate surface area is 212 Å². The summed E-state index contributed by atoms with van der Waals surface area (Å²) in [4.78, 5) is 23.8. The monoisotopic (exact) mass is 505 g/mol. The van der Waals surface area contributed by atoms with Gasteiger partial charge in [-0.15, -0.1) is 0 Å². The molecule has 0 N–H and O–H groups in total. The number of carbonyl (C=O) groups excluding carboxylic acids is 1. The quantitative estimate of drug-likeness (QED) is 0.233. The second-order valence-electron chi connectivity index (χ2n) is 10.8. The molecule has 1 aliphatic heterocycles. The zero-order chi connectivity index (χ0) is 25.1. The van der Waals surface area contributed by atoms with E-state index >= 15 is 0 Å². The van der Waals surface area contributed by atoms with E-state index in [2.05, 4.69) is 35.3 Å². The summed E-state index contributed by atoms with van der Waals surface area (Å²) in [6, 6.07) is 13.0. The minimum absolute atomic E-state index is 0.246. The highest BCUT2D eigenvalue weighted by Crippen LogP contribution is 2.33. The zero-order valence-electron chi connectivity index (χ0n) is 21.4. The van der Waals surface area contributed by atoms with E-state index in [1.54, 1.807) is 0 Å². The third-order valence-electron chi connectivity index (χ3n) is 6.89. The van der Waals surface area contributed by atoms with Gasteiger partial charge in [0, 0.05) is 45.3 Å². The molecule has 0 bridgehead atoms. The molecule has 0 atom stereocenters. The fourth-order valence-electron chi connectivity index (χ4n) is 4.74. The molecule has 36 heavy (non-hydrogen) atoms. The van der Waals surface area contributed by atoms with E-state index in [1.807, 2.05) is 58.5 Å². The highest BCUT2D eigenvalue weighted by atomic mass is 28.3. The van der Waals surface area contributed by atoms with Gasteiger partial charge in [-0.25, -0.2) is 14.8 Å². The first-order chi connectivity index (χ1) is 17.4. The minimum atomic E-state index is -1.11. The van der Waals surface area contributed by atoms with E-state index in [4.69, 9.17) is 14.5 Å². The van der Waals surface area contributed by atoms with E-state index in [0.29, 0.717) is 26.4 Å². The lowest BCUT2D eigenvalue weighted by Gasteiger charge is -2.30. The molecule has 8 nitrogen and oxygen atoms in total. The van der Waals surface area contributed by atoms with E-state index < -0.39 is 8.07 Å². The topological polar surface area (TPSA) is 73.9 Å². The van der Waals surface area contributed by atoms with E-state index in [1.165, 1.54) is 0 Å². The molecule has 190 valence electrons. The number of piperidine rings is 1. The van der Waals surface area contributed by atoms with Crippen molar-refractivity contribution in [1.29, 1.82) is 0 Å². The number of aromatic nitrogens is 4. The third kappa shape index (κ3) is 5.47. The summed E-state index contributed by atoms with van der Waals surface area (Å²) in [6.45, 7) is 9.99. The van der Waals surface area contributed by atoms with Crippen LogP contribution in [0.25, 0.3) is 16.6 Å². The number of likely N-dealkylation sites (tertiary alicyclic amines) is 1. The molecule has 1 aliphatic rings. The molecule has 0 radical (unpaired) electrons. The van der Waals surface area contributed by atoms with Gasteiger partial charge >= 0.3 is 6.09 Å². The molecule has 0 saturated carbocycles. The number of rotatable bonds is 8. The number of fused-ring (bicyclic) bond motifs is 3. The van der Waals surface area contributed by atoms with Crippen molar-refractivity contribution < 1.29 is 14.3 Å². The molecule has 9 heteroatoms. The molecule has 0 spiro atoms. The molecule has 0 unspecified atom stereocenters. The van der Waals surface area contributed by atoms with Crippen molar-refractivity contribution in [2.24, 2.45) is 0 Å². The van der Waals surface area contributed by atoms with Gasteiger partial charge in [-0.1, -0.05) is 50.0 Å². The lowest BCUT2D eigenvalue weighted by molar-refractivity contribution is 0.0869. The molecule has 4 aromatic rings. The van der Waals surface area contributed by atoms with Crippen LogP contribution in [0, 0.1) is 0 Å². The van der Waals surface area contributed by atoms with Crippen LogP contribution in [0.15, 0.2) is 55.2 Å². The van der Waals surface area contributed by atoms with Crippen molar-refractivity contribution in [3.8, 4) is 0 Å². The number of hydrogen-bond acceptors (Lipinski definition) is 5. The van der Waals surface area contributed by atoms with Gasteiger partial charge in [0.05, 0.1) is 11.2 Å². The maximum Gasteiger partial charge on any atom is 0.410 e. The van der Waals surface area contributed by atoms with Crippen molar-refractivity contribution in [3.63, 3.8) is 0 Å². The van der Waals surface area contributed by atoms with Crippen molar-refractivity contribution in [3.05, 3.63) is 66.5 Å². The smallest absolute Gasteiger partial charge is 0.410 e. The molecule has 1 fully saturated rings. The van der Waals surface area contributed by atoms with Gasteiger partial charge in [-0.2, -0.15) is 0 Å². The van der Waals surface area contributed by atoms with Gasteiger partial charge in [-0.05, 0) is 30.5 Å². The van der Waals surface area contributed by atoms with Crippen LogP contribution in [0.4, 0.5) is 4.79 Å². The summed E-state index contributed by atoms with van der Waals surface area (Å²) >= 11 is 0. The Balaban J connectivity index is 1.24. The summed E-state index contributed by atoms with van der Waals surface area (Å²) in [5, 5.41) is 1.09. The number of nitrogens with zero attached hydrogens (tertiary/aromatic N) is 5. The number of benzene rings is 1. The highest BCUT2D eigenvalue weighted by molar-refractivity contribution is 6.76. The Hall–Kier alpha value is -3.17. The van der Waals surface area contributed by atoms with Gasteiger partial charge in [0.1, 0.15) is 31.6 Å². The molecule has 3 aromatic heterocycles. The lowest BCUT2D eigenvalue weighted by atomic mass is 9.92. The first-order valence-electron chi connectivity index (χ1n) is 12.7. The number of ether oxygens (including phenoxy) is 2. The molecule has 1 saturated heterocycles. The Morgan fingerprint density at radius 3 is 2.56 bits per heavy atom. The molecular formula is C27H35N5O3Si. The summed E-state index contributed by atoms with van der Waals surface area (Å²) in [5.41, 5.74) is 4.10. The van der Waals surface area contributed by atoms with Crippen LogP contribution in [-0.4, -0.2) is 57.7 Å². The van der Waals surface area contributed by atoms with Gasteiger partial charge in [0.25, 0.3) is 0 Å². The first-order valence-corrected chi connectivity index (χ1v) is 16.4. The van der Waals surface area contributed by atoms with E-state index in [0.717, 1.165) is 53.3 Å². The van der Waals surface area contributed by atoms with E-state index in [-0.39, 0.29) is 12.0 Å². The lowest BCUT2D eigenvalue weighted by Crippen LogP contribution is -2.38. The summed E-state index contributed by atoms with van der Waals surface area (Å²) in [6.07, 6.45) is 7.20. The second kappa shape index (κ2) is 10.4. The number of hydrogen-bond donors (Lipinski definition) is 0. The molecule has 0 aliphatic carbocycles. The van der Waals surface area contributed by atoms with Crippen molar-refractivity contribution in [1.82, 2.24) is 23.8 Å². The fraction of sp³-hybridized carbons (Fsp3) is 0.444. The summed E-state index contributed by atoms with van der Waals surface area (Å²) in [7, 11) is -1.11. The molecular weight excluding hydrogens is 470 g/mol. The maximum atomic E-state index is 12.6.